The molecule has 2 N–H and O–H groups in total. The van der Waals surface area contributed by atoms with Crippen molar-refractivity contribution in [2.45, 2.75) is 19.8 Å². The van der Waals surface area contributed by atoms with Crippen LogP contribution in [0, 0.1) is 6.92 Å². The van der Waals surface area contributed by atoms with Crippen molar-refractivity contribution in [2.75, 3.05) is 26.1 Å². The lowest BCUT2D eigenvalue weighted by atomic mass is 10.1. The Hall–Kier alpha value is -2.28. The van der Waals surface area contributed by atoms with Gasteiger partial charge < -0.3 is 19.9 Å². The number of aromatic nitrogens is 1. The van der Waals surface area contributed by atoms with Crippen LogP contribution in [0.3, 0.4) is 0 Å². The van der Waals surface area contributed by atoms with Crippen molar-refractivity contribution in [1.29, 1.82) is 0 Å². The molecule has 6 nitrogen and oxygen atoms in total. The summed E-state index contributed by atoms with van der Waals surface area (Å²) in [5.74, 6) is 0.575. The smallest absolute Gasteiger partial charge is 0.308 e. The molecule has 0 saturated carbocycles. The summed E-state index contributed by atoms with van der Waals surface area (Å²) in [6.07, 6.45) is 0.814. The lowest BCUT2D eigenvalue weighted by Crippen LogP contribution is -2.05. The first-order valence-corrected chi connectivity index (χ1v) is 7.98. The Morgan fingerprint density at radius 2 is 2.04 bits per heavy atom. The average Bonchev–Trinajstić information content (AvgIpc) is 2.86. The lowest BCUT2D eigenvalue weighted by Gasteiger charge is -2.09. The van der Waals surface area contributed by atoms with Gasteiger partial charge in [-0.2, -0.15) is 0 Å². The van der Waals surface area contributed by atoms with Crippen molar-refractivity contribution in [3.05, 3.63) is 34.3 Å². The molecule has 0 aliphatic rings. The van der Waals surface area contributed by atoms with Crippen molar-refractivity contribution < 1.29 is 19.4 Å². The van der Waals surface area contributed by atoms with E-state index in [0.717, 1.165) is 27.7 Å². The molecule has 2 rings (SSSR count). The first-order chi connectivity index (χ1) is 11.0. The van der Waals surface area contributed by atoms with Crippen LogP contribution in [0.4, 0.5) is 5.13 Å². The van der Waals surface area contributed by atoms with Gasteiger partial charge in [-0.25, -0.2) is 4.98 Å². The fourth-order valence-corrected chi connectivity index (χ4v) is 3.13. The van der Waals surface area contributed by atoms with Gasteiger partial charge in [0.25, 0.3) is 0 Å². The third-order valence-corrected chi connectivity index (χ3v) is 4.46. The molecule has 1 heterocycles. The summed E-state index contributed by atoms with van der Waals surface area (Å²) in [4.78, 5) is 15.9. The van der Waals surface area contributed by atoms with E-state index in [1.165, 1.54) is 11.3 Å². The lowest BCUT2D eigenvalue weighted by molar-refractivity contribution is -0.136. The Morgan fingerprint density at radius 1 is 1.30 bits per heavy atom. The highest BCUT2D eigenvalue weighted by Gasteiger charge is 2.11. The summed E-state index contributed by atoms with van der Waals surface area (Å²) in [6.45, 7) is 2.53. The molecule has 1 aromatic heterocycles. The zero-order valence-electron chi connectivity index (χ0n) is 13.4. The minimum absolute atomic E-state index is 0.0147. The molecule has 2 aromatic rings. The largest absolute Gasteiger partial charge is 0.493 e. The van der Waals surface area contributed by atoms with Gasteiger partial charge in [0.15, 0.2) is 16.6 Å². The van der Waals surface area contributed by atoms with E-state index in [2.05, 4.69) is 10.3 Å². The van der Waals surface area contributed by atoms with Crippen LogP contribution < -0.4 is 14.8 Å². The first kappa shape index (κ1) is 17.1. The highest BCUT2D eigenvalue weighted by atomic mass is 32.1. The number of nitrogens with zero attached hydrogens (tertiary/aromatic N) is 1. The summed E-state index contributed by atoms with van der Waals surface area (Å²) in [5.41, 5.74) is 1.89. The quantitative estimate of drug-likeness (QED) is 0.771. The van der Waals surface area contributed by atoms with Gasteiger partial charge in [-0.1, -0.05) is 6.07 Å². The van der Waals surface area contributed by atoms with Crippen LogP contribution in [-0.4, -0.2) is 36.8 Å². The maximum Gasteiger partial charge on any atom is 0.308 e. The average molecular weight is 336 g/mol. The summed E-state index contributed by atoms with van der Waals surface area (Å²) >= 11 is 1.39. The molecule has 0 atom stereocenters. The second-order valence-corrected chi connectivity index (χ2v) is 6.05. The van der Waals surface area contributed by atoms with E-state index in [0.29, 0.717) is 18.0 Å². The minimum atomic E-state index is -0.839. The number of methoxy groups -OCH3 is 2. The molecule has 124 valence electrons. The maximum absolute atomic E-state index is 10.8. The van der Waals surface area contributed by atoms with Crippen molar-refractivity contribution in [2.24, 2.45) is 0 Å². The third kappa shape index (κ3) is 4.59. The molecular weight excluding hydrogens is 316 g/mol. The molecule has 0 saturated heterocycles. The van der Waals surface area contributed by atoms with E-state index in [1.807, 2.05) is 25.1 Å². The number of rotatable bonds is 8. The van der Waals surface area contributed by atoms with Gasteiger partial charge in [0.2, 0.25) is 0 Å². The molecule has 0 fully saturated rings. The summed E-state index contributed by atoms with van der Waals surface area (Å²) in [7, 11) is 3.22. The molecular formula is C16H20N2O4S. The van der Waals surface area contributed by atoms with Gasteiger partial charge in [-0.15, -0.1) is 11.3 Å². The fourth-order valence-electron chi connectivity index (χ4n) is 2.15. The van der Waals surface area contributed by atoms with Crippen molar-refractivity contribution >= 4 is 22.4 Å². The third-order valence-electron chi connectivity index (χ3n) is 3.34. The van der Waals surface area contributed by atoms with Crippen LogP contribution in [0.2, 0.25) is 0 Å². The Bertz CT molecular complexity index is 685. The summed E-state index contributed by atoms with van der Waals surface area (Å²) < 4.78 is 10.5. The van der Waals surface area contributed by atoms with E-state index in [4.69, 9.17) is 14.6 Å². The van der Waals surface area contributed by atoms with E-state index in [1.54, 1.807) is 14.2 Å². The number of anilines is 1. The standard InChI is InChI=1S/C16H20N2O4S/c1-10-14(9-15(19)20)23-16(18-10)17-7-6-11-4-5-12(21-2)13(8-11)22-3/h4-5,8H,6-7,9H2,1-3H3,(H,17,18)(H,19,20). The minimum Gasteiger partial charge on any atom is -0.493 e. The van der Waals surface area contributed by atoms with Crippen molar-refractivity contribution in [1.82, 2.24) is 4.98 Å². The highest BCUT2D eigenvalue weighted by molar-refractivity contribution is 7.15. The maximum atomic E-state index is 10.8. The van der Waals surface area contributed by atoms with Crippen LogP contribution >= 0.6 is 11.3 Å². The van der Waals surface area contributed by atoms with Gasteiger partial charge in [0.05, 0.1) is 26.3 Å². The number of ether oxygens (including phenoxy) is 2. The molecule has 0 bridgehead atoms. The molecule has 0 amide bonds. The molecule has 23 heavy (non-hydrogen) atoms. The molecule has 0 radical (unpaired) electrons. The zero-order valence-corrected chi connectivity index (χ0v) is 14.2. The SMILES string of the molecule is COc1ccc(CCNc2nc(C)c(CC(=O)O)s2)cc1OC. The summed E-state index contributed by atoms with van der Waals surface area (Å²) in [6, 6.07) is 5.82. The van der Waals surface area contributed by atoms with E-state index in [9.17, 15) is 4.79 Å². The predicted molar refractivity (Wildman–Crippen MR) is 89.9 cm³/mol. The van der Waals surface area contributed by atoms with Crippen LogP contribution in [0.25, 0.3) is 0 Å². The molecule has 0 aliphatic heterocycles. The first-order valence-electron chi connectivity index (χ1n) is 7.16. The van der Waals surface area contributed by atoms with Gasteiger partial charge >= 0.3 is 5.97 Å². The Kier molecular flexibility index (Phi) is 5.81. The Balaban J connectivity index is 1.93. The van der Waals surface area contributed by atoms with Crippen molar-refractivity contribution in [3.8, 4) is 11.5 Å². The molecule has 0 aliphatic carbocycles. The number of aryl methyl sites for hydroxylation is 1. The Labute approximate surface area is 139 Å². The second kappa shape index (κ2) is 7.82. The van der Waals surface area contributed by atoms with Gasteiger partial charge in [-0.3, -0.25) is 4.79 Å². The number of aliphatic carboxylic acids is 1. The topological polar surface area (TPSA) is 80.7 Å². The zero-order chi connectivity index (χ0) is 16.8. The number of hydrogen-bond donors (Lipinski definition) is 2. The van der Waals surface area contributed by atoms with Crippen LogP contribution in [0.15, 0.2) is 18.2 Å². The van der Waals surface area contributed by atoms with Gasteiger partial charge in [-0.05, 0) is 31.0 Å². The number of carboxylic acid groups (broad SMARTS) is 1. The fraction of sp³-hybridized carbons (Fsp3) is 0.375. The number of nitrogens with one attached hydrogen (secondary N) is 1. The van der Waals surface area contributed by atoms with E-state index < -0.39 is 5.97 Å². The van der Waals surface area contributed by atoms with Crippen molar-refractivity contribution in [3.63, 3.8) is 0 Å². The number of carbonyl (C=O) groups is 1. The predicted octanol–water partition coefficient (Wildman–Crippen LogP) is 2.75. The Morgan fingerprint density at radius 3 is 2.70 bits per heavy atom. The molecule has 1 aromatic carbocycles. The van der Waals surface area contributed by atoms with Gasteiger partial charge in [0.1, 0.15) is 0 Å². The number of carboxylic acids is 1. The monoisotopic (exact) mass is 336 g/mol. The van der Waals surface area contributed by atoms with Crippen LogP contribution in [-0.2, 0) is 17.6 Å². The van der Waals surface area contributed by atoms with E-state index >= 15 is 0 Å². The van der Waals surface area contributed by atoms with Crippen LogP contribution in [0.5, 0.6) is 11.5 Å². The second-order valence-electron chi connectivity index (χ2n) is 4.96. The molecule has 7 heteroatoms. The molecule has 0 spiro atoms. The normalized spacial score (nSPS) is 10.4. The number of hydrogen-bond acceptors (Lipinski definition) is 6. The number of thiazole rings is 1. The summed E-state index contributed by atoms with van der Waals surface area (Å²) in [5, 5.41) is 12.8. The van der Waals surface area contributed by atoms with E-state index in [-0.39, 0.29) is 6.42 Å². The van der Waals surface area contributed by atoms with Crippen LogP contribution in [0.1, 0.15) is 16.1 Å². The van der Waals surface area contributed by atoms with Gasteiger partial charge in [0, 0.05) is 11.4 Å². The number of benzene rings is 1. The molecule has 0 unspecified atom stereocenters. The highest BCUT2D eigenvalue weighted by Crippen LogP contribution is 2.28.